The number of carbonyl (C=O) groups is 2. The predicted octanol–water partition coefficient (Wildman–Crippen LogP) is 4.23. The lowest BCUT2D eigenvalue weighted by Gasteiger charge is -2.24. The van der Waals surface area contributed by atoms with Gasteiger partial charge in [-0.05, 0) is 44.9 Å². The van der Waals surface area contributed by atoms with Crippen LogP contribution in [-0.2, 0) is 14.3 Å². The number of esters is 1. The molecule has 0 aliphatic heterocycles. The number of para-hydroxylation sites is 1. The van der Waals surface area contributed by atoms with Gasteiger partial charge in [-0.25, -0.2) is 9.48 Å². The maximum Gasteiger partial charge on any atom is 0.331 e. The summed E-state index contributed by atoms with van der Waals surface area (Å²) in [6, 6.07) is 9.68. The number of aromatic nitrogens is 2. The maximum atomic E-state index is 12.2. The molecule has 1 aliphatic rings. The molecule has 0 spiro atoms. The van der Waals surface area contributed by atoms with Gasteiger partial charge in [-0.3, -0.25) is 4.79 Å². The Balaban J connectivity index is 1.60. The highest BCUT2D eigenvalue weighted by molar-refractivity contribution is 6.31. The Labute approximate surface area is 175 Å². The number of amides is 1. The van der Waals surface area contributed by atoms with Crippen LogP contribution in [0.1, 0.15) is 50.3 Å². The molecule has 6 nitrogen and oxygen atoms in total. The number of aryl methyl sites for hydroxylation is 1. The van der Waals surface area contributed by atoms with E-state index >= 15 is 0 Å². The lowest BCUT2D eigenvalue weighted by Crippen LogP contribution is -2.42. The molecular formula is C22H26ClN3O3. The predicted molar refractivity (Wildman–Crippen MR) is 113 cm³/mol. The van der Waals surface area contributed by atoms with Crippen LogP contribution in [0.5, 0.6) is 0 Å². The molecule has 29 heavy (non-hydrogen) atoms. The molecule has 2 aromatic rings. The van der Waals surface area contributed by atoms with Gasteiger partial charge in [-0.15, -0.1) is 0 Å². The topological polar surface area (TPSA) is 73.2 Å². The van der Waals surface area contributed by atoms with E-state index in [-0.39, 0.29) is 11.9 Å². The molecule has 1 unspecified atom stereocenters. The van der Waals surface area contributed by atoms with Crippen molar-refractivity contribution < 1.29 is 14.3 Å². The monoisotopic (exact) mass is 415 g/mol. The summed E-state index contributed by atoms with van der Waals surface area (Å²) in [4.78, 5) is 24.4. The molecule has 1 aromatic carbocycles. The zero-order valence-corrected chi connectivity index (χ0v) is 17.5. The van der Waals surface area contributed by atoms with Crippen LogP contribution in [-0.4, -0.2) is 33.8 Å². The third kappa shape index (κ3) is 5.48. The van der Waals surface area contributed by atoms with Gasteiger partial charge in [-0.2, -0.15) is 5.10 Å². The summed E-state index contributed by atoms with van der Waals surface area (Å²) in [6.07, 6.45) is 7.42. The van der Waals surface area contributed by atoms with Crippen LogP contribution in [0.15, 0.2) is 36.4 Å². The highest BCUT2D eigenvalue weighted by atomic mass is 35.5. The van der Waals surface area contributed by atoms with Crippen molar-refractivity contribution in [2.75, 3.05) is 0 Å². The van der Waals surface area contributed by atoms with Crippen molar-refractivity contribution in [2.45, 2.75) is 58.1 Å². The standard InChI is InChI=1S/C22H26ClN3O3/c1-15-19(21(23)26(25-15)18-11-7-4-8-12-18)13-14-20(27)29-16(2)22(28)24-17-9-5-3-6-10-17/h4,7-8,11-14,16-17H,3,5-6,9-10H2,1-2H3,(H,24,28)/b14-13+. The highest BCUT2D eigenvalue weighted by Crippen LogP contribution is 2.24. The summed E-state index contributed by atoms with van der Waals surface area (Å²) in [5.74, 6) is -0.857. The second-order valence-corrected chi connectivity index (χ2v) is 7.65. The van der Waals surface area contributed by atoms with Gasteiger partial charge in [0, 0.05) is 17.7 Å². The van der Waals surface area contributed by atoms with Crippen molar-refractivity contribution in [1.82, 2.24) is 15.1 Å². The minimum absolute atomic E-state index is 0.179. The Hall–Kier alpha value is -2.60. The number of nitrogens with one attached hydrogen (secondary N) is 1. The van der Waals surface area contributed by atoms with E-state index in [1.54, 1.807) is 17.7 Å². The summed E-state index contributed by atoms with van der Waals surface area (Å²) in [6.45, 7) is 3.39. The fourth-order valence-corrected chi connectivity index (χ4v) is 3.76. The third-order valence-electron chi connectivity index (χ3n) is 5.05. The summed E-state index contributed by atoms with van der Waals surface area (Å²) < 4.78 is 6.85. The molecule has 1 saturated carbocycles. The van der Waals surface area contributed by atoms with Crippen LogP contribution in [0, 0.1) is 6.92 Å². The summed E-state index contributed by atoms with van der Waals surface area (Å²) in [5, 5.41) is 7.80. The first-order valence-electron chi connectivity index (χ1n) is 9.95. The second kappa shape index (κ2) is 9.74. The zero-order chi connectivity index (χ0) is 20.8. The zero-order valence-electron chi connectivity index (χ0n) is 16.7. The number of halogens is 1. The van der Waals surface area contributed by atoms with Gasteiger partial charge in [0.2, 0.25) is 0 Å². The Morgan fingerprint density at radius 3 is 2.62 bits per heavy atom. The van der Waals surface area contributed by atoms with E-state index in [9.17, 15) is 9.59 Å². The van der Waals surface area contributed by atoms with Crippen molar-refractivity contribution in [2.24, 2.45) is 0 Å². The Morgan fingerprint density at radius 1 is 1.24 bits per heavy atom. The minimum Gasteiger partial charge on any atom is -0.449 e. The lowest BCUT2D eigenvalue weighted by atomic mass is 9.95. The van der Waals surface area contributed by atoms with Gasteiger partial charge >= 0.3 is 5.97 Å². The average Bonchev–Trinajstić information content (AvgIpc) is 3.01. The van der Waals surface area contributed by atoms with Crippen molar-refractivity contribution in [3.05, 3.63) is 52.8 Å². The van der Waals surface area contributed by atoms with Crippen molar-refractivity contribution >= 4 is 29.6 Å². The van der Waals surface area contributed by atoms with Gasteiger partial charge in [0.05, 0.1) is 11.4 Å². The van der Waals surface area contributed by atoms with Crippen molar-refractivity contribution in [1.29, 1.82) is 0 Å². The van der Waals surface area contributed by atoms with Crippen LogP contribution >= 0.6 is 11.6 Å². The van der Waals surface area contributed by atoms with Crippen LogP contribution < -0.4 is 5.32 Å². The summed E-state index contributed by atoms with van der Waals surface area (Å²) >= 11 is 6.45. The molecule has 1 N–H and O–H groups in total. The molecule has 0 radical (unpaired) electrons. The largest absolute Gasteiger partial charge is 0.449 e. The Morgan fingerprint density at radius 2 is 1.93 bits per heavy atom. The highest BCUT2D eigenvalue weighted by Gasteiger charge is 2.21. The molecule has 1 atom stereocenters. The van der Waals surface area contributed by atoms with Gasteiger partial charge in [0.15, 0.2) is 6.10 Å². The minimum atomic E-state index is -0.849. The fourth-order valence-electron chi connectivity index (χ4n) is 3.42. The maximum absolute atomic E-state index is 12.2. The van der Waals surface area contributed by atoms with E-state index in [1.165, 1.54) is 12.5 Å². The molecular weight excluding hydrogens is 390 g/mol. The lowest BCUT2D eigenvalue weighted by molar-refractivity contribution is -0.150. The van der Waals surface area contributed by atoms with E-state index in [4.69, 9.17) is 16.3 Å². The molecule has 3 rings (SSSR count). The normalized spacial score (nSPS) is 16.0. The van der Waals surface area contributed by atoms with Crippen molar-refractivity contribution in [3.63, 3.8) is 0 Å². The molecule has 1 fully saturated rings. The average molecular weight is 416 g/mol. The molecule has 1 aromatic heterocycles. The fraction of sp³-hybridized carbons (Fsp3) is 0.409. The number of ether oxygens (including phenoxy) is 1. The van der Waals surface area contributed by atoms with Crippen LogP contribution in [0.3, 0.4) is 0 Å². The molecule has 7 heteroatoms. The Bertz CT molecular complexity index is 886. The molecule has 1 amide bonds. The van der Waals surface area contributed by atoms with Crippen LogP contribution in [0.4, 0.5) is 0 Å². The molecule has 0 bridgehead atoms. The first-order chi connectivity index (χ1) is 14.0. The first kappa shape index (κ1) is 21.1. The van der Waals surface area contributed by atoms with E-state index in [1.807, 2.05) is 37.3 Å². The third-order valence-corrected chi connectivity index (χ3v) is 5.41. The number of carbonyl (C=O) groups excluding carboxylic acids is 2. The number of hydrogen-bond acceptors (Lipinski definition) is 4. The van der Waals surface area contributed by atoms with E-state index in [0.29, 0.717) is 16.4 Å². The van der Waals surface area contributed by atoms with E-state index in [2.05, 4.69) is 10.4 Å². The molecule has 1 aliphatic carbocycles. The van der Waals surface area contributed by atoms with E-state index < -0.39 is 12.1 Å². The van der Waals surface area contributed by atoms with Gasteiger partial charge < -0.3 is 10.1 Å². The van der Waals surface area contributed by atoms with Gasteiger partial charge in [-0.1, -0.05) is 49.1 Å². The second-order valence-electron chi connectivity index (χ2n) is 7.29. The number of hydrogen-bond donors (Lipinski definition) is 1. The SMILES string of the molecule is Cc1nn(-c2ccccc2)c(Cl)c1/C=C/C(=O)OC(C)C(=O)NC1CCCCC1. The number of benzene rings is 1. The summed E-state index contributed by atoms with van der Waals surface area (Å²) in [7, 11) is 0. The van der Waals surface area contributed by atoms with E-state index in [0.717, 1.165) is 31.4 Å². The van der Waals surface area contributed by atoms with Crippen LogP contribution in [0.25, 0.3) is 11.8 Å². The van der Waals surface area contributed by atoms with Gasteiger partial charge in [0.25, 0.3) is 5.91 Å². The molecule has 1 heterocycles. The molecule has 154 valence electrons. The smallest absolute Gasteiger partial charge is 0.331 e. The van der Waals surface area contributed by atoms with Crippen molar-refractivity contribution in [3.8, 4) is 5.69 Å². The molecule has 0 saturated heterocycles. The number of nitrogens with zero attached hydrogens (tertiary/aromatic N) is 2. The number of rotatable bonds is 6. The quantitative estimate of drug-likeness (QED) is 0.566. The summed E-state index contributed by atoms with van der Waals surface area (Å²) in [5.41, 5.74) is 2.15. The first-order valence-corrected chi connectivity index (χ1v) is 10.3. The van der Waals surface area contributed by atoms with Gasteiger partial charge in [0.1, 0.15) is 5.15 Å². The van der Waals surface area contributed by atoms with Crippen LogP contribution in [0.2, 0.25) is 5.15 Å². The Kier molecular flexibility index (Phi) is 7.09.